The third kappa shape index (κ3) is 3.11. The fourth-order valence-electron chi connectivity index (χ4n) is 1.54. The first-order valence-electron chi connectivity index (χ1n) is 5.41. The number of halogens is 2. The van der Waals surface area contributed by atoms with Crippen LogP contribution in [0.25, 0.3) is 0 Å². The summed E-state index contributed by atoms with van der Waals surface area (Å²) in [4.78, 5) is 0. The summed E-state index contributed by atoms with van der Waals surface area (Å²) in [5.74, 6) is -0.240. The predicted octanol–water partition coefficient (Wildman–Crippen LogP) is 3.74. The zero-order valence-corrected chi connectivity index (χ0v) is 11.3. The molecule has 0 aliphatic heterocycles. The SMILES string of the molecule is N#Cc1ccc(Oc2ccc(Br)cc2CO)c(F)c1. The number of hydrogen-bond acceptors (Lipinski definition) is 3. The Labute approximate surface area is 118 Å². The van der Waals surface area contributed by atoms with Gasteiger partial charge in [0.2, 0.25) is 0 Å². The number of nitrogens with zero attached hydrogens (tertiary/aromatic N) is 1. The molecule has 2 aromatic rings. The molecular weight excluding hydrogens is 313 g/mol. The summed E-state index contributed by atoms with van der Waals surface area (Å²) in [5.41, 5.74) is 0.765. The second-order valence-electron chi connectivity index (χ2n) is 3.77. The van der Waals surface area contributed by atoms with E-state index < -0.39 is 5.82 Å². The topological polar surface area (TPSA) is 53.2 Å². The van der Waals surface area contributed by atoms with Crippen molar-refractivity contribution in [3.63, 3.8) is 0 Å². The molecule has 96 valence electrons. The molecule has 0 bridgehead atoms. The Bertz CT molecular complexity index is 652. The van der Waals surface area contributed by atoms with E-state index in [0.29, 0.717) is 11.3 Å². The van der Waals surface area contributed by atoms with Gasteiger partial charge in [0.25, 0.3) is 0 Å². The van der Waals surface area contributed by atoms with Crippen molar-refractivity contribution in [1.82, 2.24) is 0 Å². The van der Waals surface area contributed by atoms with Crippen molar-refractivity contribution in [1.29, 1.82) is 5.26 Å². The number of nitriles is 1. The van der Waals surface area contributed by atoms with Gasteiger partial charge in [-0.15, -0.1) is 0 Å². The number of ether oxygens (including phenoxy) is 1. The molecule has 1 N–H and O–H groups in total. The predicted molar refractivity (Wildman–Crippen MR) is 71.3 cm³/mol. The summed E-state index contributed by atoms with van der Waals surface area (Å²) >= 11 is 3.28. The fraction of sp³-hybridized carbons (Fsp3) is 0.0714. The van der Waals surface area contributed by atoms with Crippen LogP contribution < -0.4 is 4.74 Å². The standard InChI is InChI=1S/C14H9BrFNO2/c15-11-2-4-13(10(6-11)8-18)19-14-3-1-9(7-17)5-12(14)16/h1-6,18H,8H2. The molecule has 3 nitrogen and oxygen atoms in total. The van der Waals surface area contributed by atoms with Crippen LogP contribution in [-0.4, -0.2) is 5.11 Å². The van der Waals surface area contributed by atoms with Gasteiger partial charge in [0, 0.05) is 10.0 Å². The number of aliphatic hydroxyl groups excluding tert-OH is 1. The molecule has 0 saturated carbocycles. The van der Waals surface area contributed by atoms with Crippen molar-refractivity contribution in [2.45, 2.75) is 6.61 Å². The Hall–Kier alpha value is -1.90. The van der Waals surface area contributed by atoms with E-state index in [9.17, 15) is 9.50 Å². The Kier molecular flexibility index (Phi) is 4.15. The van der Waals surface area contributed by atoms with Crippen molar-refractivity contribution >= 4 is 15.9 Å². The Balaban J connectivity index is 2.34. The highest BCUT2D eigenvalue weighted by Gasteiger charge is 2.09. The van der Waals surface area contributed by atoms with E-state index >= 15 is 0 Å². The molecule has 0 saturated heterocycles. The zero-order valence-electron chi connectivity index (χ0n) is 9.73. The lowest BCUT2D eigenvalue weighted by Crippen LogP contribution is -1.94. The highest BCUT2D eigenvalue weighted by molar-refractivity contribution is 9.10. The zero-order chi connectivity index (χ0) is 13.8. The first-order valence-corrected chi connectivity index (χ1v) is 6.20. The molecule has 5 heteroatoms. The van der Waals surface area contributed by atoms with Gasteiger partial charge in [-0.2, -0.15) is 5.26 Å². The number of rotatable bonds is 3. The quantitative estimate of drug-likeness (QED) is 0.936. The lowest BCUT2D eigenvalue weighted by molar-refractivity contribution is 0.276. The molecule has 0 spiro atoms. The normalized spacial score (nSPS) is 10.0. The molecule has 19 heavy (non-hydrogen) atoms. The maximum Gasteiger partial charge on any atom is 0.167 e. The van der Waals surface area contributed by atoms with Crippen LogP contribution in [-0.2, 0) is 6.61 Å². The molecule has 0 radical (unpaired) electrons. The number of hydrogen-bond donors (Lipinski definition) is 1. The summed E-state index contributed by atoms with van der Waals surface area (Å²) in [6.07, 6.45) is 0. The molecule has 2 rings (SSSR count). The van der Waals surface area contributed by atoms with Gasteiger partial charge >= 0.3 is 0 Å². The third-order valence-corrected chi connectivity index (χ3v) is 2.97. The van der Waals surface area contributed by atoms with Crippen LogP contribution in [0.4, 0.5) is 4.39 Å². The molecule has 0 amide bonds. The Morgan fingerprint density at radius 1 is 1.21 bits per heavy atom. The van der Waals surface area contributed by atoms with Gasteiger partial charge in [-0.05, 0) is 36.4 Å². The number of benzene rings is 2. The van der Waals surface area contributed by atoms with Crippen molar-refractivity contribution in [2.24, 2.45) is 0 Å². The Morgan fingerprint density at radius 2 is 1.95 bits per heavy atom. The van der Waals surface area contributed by atoms with E-state index in [1.54, 1.807) is 18.2 Å². The minimum atomic E-state index is -0.620. The first-order chi connectivity index (χ1) is 9.13. The maximum atomic E-state index is 13.7. The van der Waals surface area contributed by atoms with Crippen molar-refractivity contribution in [3.05, 3.63) is 57.8 Å². The smallest absolute Gasteiger partial charge is 0.167 e. The lowest BCUT2D eigenvalue weighted by atomic mass is 10.2. The van der Waals surface area contributed by atoms with Gasteiger partial charge in [0.05, 0.1) is 18.2 Å². The minimum absolute atomic E-state index is 0.0102. The van der Waals surface area contributed by atoms with Gasteiger partial charge in [-0.1, -0.05) is 15.9 Å². The molecule has 0 atom stereocenters. The van der Waals surface area contributed by atoms with Gasteiger partial charge in [0.15, 0.2) is 11.6 Å². The molecule has 2 aromatic carbocycles. The van der Waals surface area contributed by atoms with E-state index in [0.717, 1.165) is 10.5 Å². The maximum absolute atomic E-state index is 13.7. The molecule has 0 aliphatic carbocycles. The van der Waals surface area contributed by atoms with Crippen LogP contribution in [0, 0.1) is 17.1 Å². The summed E-state index contributed by atoms with van der Waals surface area (Å²) < 4.78 is 19.9. The van der Waals surface area contributed by atoms with Gasteiger partial charge in [0.1, 0.15) is 5.75 Å². The van der Waals surface area contributed by atoms with Crippen LogP contribution in [0.15, 0.2) is 40.9 Å². The highest BCUT2D eigenvalue weighted by Crippen LogP contribution is 2.30. The average molecular weight is 322 g/mol. The van der Waals surface area contributed by atoms with Gasteiger partial charge in [-0.25, -0.2) is 4.39 Å². The molecule has 0 aromatic heterocycles. The van der Waals surface area contributed by atoms with Crippen molar-refractivity contribution in [3.8, 4) is 17.6 Å². The van der Waals surface area contributed by atoms with E-state index in [1.807, 2.05) is 6.07 Å². The Morgan fingerprint density at radius 3 is 2.58 bits per heavy atom. The fourth-order valence-corrected chi connectivity index (χ4v) is 1.95. The summed E-state index contributed by atoms with van der Waals surface area (Å²) in [6, 6.07) is 10.9. The lowest BCUT2D eigenvalue weighted by Gasteiger charge is -2.10. The second kappa shape index (κ2) is 5.83. The van der Waals surface area contributed by atoms with Crippen molar-refractivity contribution < 1.29 is 14.2 Å². The molecule has 0 aliphatic rings. The monoisotopic (exact) mass is 321 g/mol. The van der Waals surface area contributed by atoms with Crippen molar-refractivity contribution in [2.75, 3.05) is 0 Å². The van der Waals surface area contributed by atoms with E-state index in [4.69, 9.17) is 10.00 Å². The third-order valence-electron chi connectivity index (χ3n) is 2.47. The van der Waals surface area contributed by atoms with Crippen LogP contribution >= 0.6 is 15.9 Å². The summed E-state index contributed by atoms with van der Waals surface area (Å²) in [6.45, 7) is -0.216. The summed E-state index contributed by atoms with van der Waals surface area (Å²) in [5, 5.41) is 17.9. The van der Waals surface area contributed by atoms with E-state index in [-0.39, 0.29) is 17.9 Å². The second-order valence-corrected chi connectivity index (χ2v) is 4.68. The minimum Gasteiger partial charge on any atom is -0.454 e. The van der Waals surface area contributed by atoms with Crippen LogP contribution in [0.3, 0.4) is 0 Å². The summed E-state index contributed by atoms with van der Waals surface area (Å²) in [7, 11) is 0. The van der Waals surface area contributed by atoms with Gasteiger partial charge < -0.3 is 9.84 Å². The average Bonchev–Trinajstić information content (AvgIpc) is 2.42. The van der Waals surface area contributed by atoms with Crippen LogP contribution in [0.1, 0.15) is 11.1 Å². The van der Waals surface area contributed by atoms with E-state index in [2.05, 4.69) is 15.9 Å². The molecule has 0 fully saturated rings. The number of aliphatic hydroxyl groups is 1. The van der Waals surface area contributed by atoms with Crippen LogP contribution in [0.2, 0.25) is 0 Å². The first kappa shape index (κ1) is 13.5. The highest BCUT2D eigenvalue weighted by atomic mass is 79.9. The molecule has 0 heterocycles. The largest absolute Gasteiger partial charge is 0.454 e. The molecule has 0 unspecified atom stereocenters. The van der Waals surface area contributed by atoms with Crippen LogP contribution in [0.5, 0.6) is 11.5 Å². The van der Waals surface area contributed by atoms with Gasteiger partial charge in [-0.3, -0.25) is 0 Å². The van der Waals surface area contributed by atoms with E-state index in [1.165, 1.54) is 12.1 Å². The molecular formula is C14H9BrFNO2.